The zero-order valence-corrected chi connectivity index (χ0v) is 20.6. The first-order valence-electron chi connectivity index (χ1n) is 12.0. The fourth-order valence-electron chi connectivity index (χ4n) is 4.77. The number of amides is 2. The van der Waals surface area contributed by atoms with Gasteiger partial charge in [-0.05, 0) is 68.1 Å². The summed E-state index contributed by atoms with van der Waals surface area (Å²) in [6.45, 7) is 7.89. The number of anilines is 2. The van der Waals surface area contributed by atoms with Crippen LogP contribution < -0.4 is 10.2 Å². The van der Waals surface area contributed by atoms with Crippen molar-refractivity contribution in [3.63, 3.8) is 0 Å². The molecule has 4 rings (SSSR count). The molecule has 0 saturated carbocycles. The Morgan fingerprint density at radius 2 is 1.71 bits per heavy atom. The van der Waals surface area contributed by atoms with Crippen LogP contribution in [0.2, 0.25) is 0 Å². The van der Waals surface area contributed by atoms with E-state index in [0.29, 0.717) is 29.8 Å². The van der Waals surface area contributed by atoms with Crippen LogP contribution >= 0.6 is 0 Å². The molecule has 0 bridgehead atoms. The quantitative estimate of drug-likeness (QED) is 0.371. The van der Waals surface area contributed by atoms with Crippen LogP contribution in [0.4, 0.5) is 21.9 Å². The molecule has 1 fully saturated rings. The molecule has 1 aliphatic heterocycles. The second-order valence-electron chi connectivity index (χ2n) is 8.68. The van der Waals surface area contributed by atoms with E-state index in [0.717, 1.165) is 16.8 Å². The summed E-state index contributed by atoms with van der Waals surface area (Å²) in [4.78, 5) is 32.2. The standard InChI is InChI=1S/C29H31N3O3/c1-5-29(6-2)26(21-13-9-8-10-14-21)32(28(34)35-29)23-18-16-22(17-19-23)27(33)31-24-15-11-12-20(4)25(24)30-7-3/h7-19,26H,5-6H2,1-4H3,(H,31,33)/t26-/m0/s1. The molecule has 35 heavy (non-hydrogen) atoms. The van der Waals surface area contributed by atoms with Crippen LogP contribution in [0.5, 0.6) is 0 Å². The van der Waals surface area contributed by atoms with Gasteiger partial charge < -0.3 is 10.1 Å². The summed E-state index contributed by atoms with van der Waals surface area (Å²) in [5, 5.41) is 2.96. The van der Waals surface area contributed by atoms with Crippen molar-refractivity contribution >= 4 is 35.3 Å². The van der Waals surface area contributed by atoms with Gasteiger partial charge in [-0.25, -0.2) is 4.79 Å². The molecule has 2 amide bonds. The summed E-state index contributed by atoms with van der Waals surface area (Å²) in [6, 6.07) is 22.5. The highest BCUT2D eigenvalue weighted by molar-refractivity contribution is 6.06. The number of aryl methyl sites for hydroxylation is 1. The molecule has 0 aromatic heterocycles. The minimum atomic E-state index is -0.615. The van der Waals surface area contributed by atoms with Gasteiger partial charge in [0, 0.05) is 17.5 Å². The molecule has 0 radical (unpaired) electrons. The average Bonchev–Trinajstić information content (AvgIpc) is 3.19. The molecular formula is C29H31N3O3. The van der Waals surface area contributed by atoms with Gasteiger partial charge in [-0.2, -0.15) is 0 Å². The van der Waals surface area contributed by atoms with Gasteiger partial charge >= 0.3 is 6.09 Å². The molecular weight excluding hydrogens is 438 g/mol. The van der Waals surface area contributed by atoms with Crippen LogP contribution in [-0.4, -0.2) is 23.8 Å². The van der Waals surface area contributed by atoms with Gasteiger partial charge in [0.2, 0.25) is 0 Å². The number of hydrogen-bond donors (Lipinski definition) is 1. The Balaban J connectivity index is 1.63. The Kier molecular flexibility index (Phi) is 7.01. The number of carbonyl (C=O) groups excluding carboxylic acids is 2. The number of cyclic esters (lactones) is 1. The second kappa shape index (κ2) is 10.1. The minimum absolute atomic E-state index is 0.241. The van der Waals surface area contributed by atoms with E-state index in [1.54, 1.807) is 35.4 Å². The molecule has 0 unspecified atom stereocenters. The molecule has 3 aromatic carbocycles. The molecule has 1 saturated heterocycles. The highest BCUT2D eigenvalue weighted by Crippen LogP contribution is 2.47. The van der Waals surface area contributed by atoms with Crippen molar-refractivity contribution < 1.29 is 14.3 Å². The minimum Gasteiger partial charge on any atom is -0.440 e. The van der Waals surface area contributed by atoms with E-state index in [4.69, 9.17) is 4.74 Å². The zero-order chi connectivity index (χ0) is 25.0. The molecule has 1 atom stereocenters. The summed E-state index contributed by atoms with van der Waals surface area (Å²) >= 11 is 0. The third-order valence-electron chi connectivity index (χ3n) is 6.71. The number of nitrogens with zero attached hydrogens (tertiary/aromatic N) is 2. The lowest BCUT2D eigenvalue weighted by atomic mass is 9.84. The summed E-state index contributed by atoms with van der Waals surface area (Å²) in [5.74, 6) is -0.241. The van der Waals surface area contributed by atoms with Crippen molar-refractivity contribution in [1.82, 2.24) is 0 Å². The van der Waals surface area contributed by atoms with Gasteiger partial charge in [0.1, 0.15) is 11.6 Å². The average molecular weight is 470 g/mol. The van der Waals surface area contributed by atoms with Crippen LogP contribution in [0.15, 0.2) is 77.8 Å². The van der Waals surface area contributed by atoms with Gasteiger partial charge in [-0.15, -0.1) is 0 Å². The molecule has 1 heterocycles. The SMILES string of the molecule is CC=Nc1c(C)cccc1NC(=O)c1ccc(N2C(=O)OC(CC)(CC)[C@@H]2c2ccccc2)cc1. The Bertz CT molecular complexity index is 1230. The topological polar surface area (TPSA) is 71.0 Å². The third kappa shape index (κ3) is 4.56. The largest absolute Gasteiger partial charge is 0.440 e. The molecule has 0 spiro atoms. The van der Waals surface area contributed by atoms with Crippen LogP contribution in [0.3, 0.4) is 0 Å². The van der Waals surface area contributed by atoms with E-state index in [1.165, 1.54) is 0 Å². The van der Waals surface area contributed by atoms with E-state index in [9.17, 15) is 9.59 Å². The lowest BCUT2D eigenvalue weighted by Gasteiger charge is -2.33. The maximum atomic E-state index is 13.1. The Labute approximate surface area is 206 Å². The van der Waals surface area contributed by atoms with Crippen molar-refractivity contribution in [2.24, 2.45) is 4.99 Å². The smallest absolute Gasteiger partial charge is 0.415 e. The lowest BCUT2D eigenvalue weighted by Crippen LogP contribution is -2.37. The van der Waals surface area contributed by atoms with E-state index in [2.05, 4.69) is 10.3 Å². The Hall–Kier alpha value is -3.93. The van der Waals surface area contributed by atoms with Gasteiger partial charge in [0.25, 0.3) is 5.91 Å². The first kappa shape index (κ1) is 24.2. The maximum absolute atomic E-state index is 13.1. The normalized spacial score (nSPS) is 17.0. The fourth-order valence-corrected chi connectivity index (χ4v) is 4.77. The fraction of sp³-hybridized carbons (Fsp3) is 0.276. The Morgan fingerprint density at radius 1 is 1.03 bits per heavy atom. The van der Waals surface area contributed by atoms with Crippen molar-refractivity contribution in [1.29, 1.82) is 0 Å². The summed E-state index contributed by atoms with van der Waals surface area (Å²) in [6.07, 6.45) is 2.73. The number of ether oxygens (including phenoxy) is 1. The van der Waals surface area contributed by atoms with Crippen LogP contribution in [0.25, 0.3) is 0 Å². The van der Waals surface area contributed by atoms with Crippen molar-refractivity contribution in [3.05, 3.63) is 89.5 Å². The van der Waals surface area contributed by atoms with E-state index in [1.807, 2.05) is 76.2 Å². The van der Waals surface area contributed by atoms with Crippen molar-refractivity contribution in [3.8, 4) is 0 Å². The molecule has 3 aromatic rings. The number of hydrogen-bond acceptors (Lipinski definition) is 4. The molecule has 1 N–H and O–H groups in total. The van der Waals surface area contributed by atoms with E-state index < -0.39 is 5.60 Å². The number of rotatable bonds is 7. The number of para-hydroxylation sites is 1. The van der Waals surface area contributed by atoms with E-state index >= 15 is 0 Å². The molecule has 0 aliphatic carbocycles. The third-order valence-corrected chi connectivity index (χ3v) is 6.71. The molecule has 6 nitrogen and oxygen atoms in total. The monoisotopic (exact) mass is 469 g/mol. The van der Waals surface area contributed by atoms with Gasteiger partial charge in [-0.1, -0.05) is 56.3 Å². The summed E-state index contributed by atoms with van der Waals surface area (Å²) in [7, 11) is 0. The number of aliphatic imine (C=N–C) groups is 1. The van der Waals surface area contributed by atoms with Gasteiger partial charge in [-0.3, -0.25) is 14.7 Å². The first-order valence-corrected chi connectivity index (χ1v) is 12.0. The van der Waals surface area contributed by atoms with Crippen molar-refractivity contribution in [2.45, 2.75) is 52.2 Å². The van der Waals surface area contributed by atoms with Crippen LogP contribution in [0.1, 0.15) is 61.1 Å². The predicted octanol–water partition coefficient (Wildman–Crippen LogP) is 7.23. The molecule has 6 heteroatoms. The highest BCUT2D eigenvalue weighted by atomic mass is 16.6. The van der Waals surface area contributed by atoms with Crippen molar-refractivity contribution in [2.75, 3.05) is 10.2 Å². The number of nitrogens with one attached hydrogen (secondary N) is 1. The summed E-state index contributed by atoms with van der Waals surface area (Å²) in [5.41, 5.74) is 3.95. The maximum Gasteiger partial charge on any atom is 0.415 e. The van der Waals surface area contributed by atoms with Crippen LogP contribution in [-0.2, 0) is 4.74 Å². The number of benzene rings is 3. The first-order chi connectivity index (χ1) is 16.9. The number of carbonyl (C=O) groups is 2. The lowest BCUT2D eigenvalue weighted by molar-refractivity contribution is 0.0291. The van der Waals surface area contributed by atoms with Crippen LogP contribution in [0, 0.1) is 6.92 Å². The predicted molar refractivity (Wildman–Crippen MR) is 141 cm³/mol. The zero-order valence-electron chi connectivity index (χ0n) is 20.6. The molecule has 1 aliphatic rings. The second-order valence-corrected chi connectivity index (χ2v) is 8.68. The van der Waals surface area contributed by atoms with E-state index in [-0.39, 0.29) is 18.0 Å². The molecule has 180 valence electrons. The highest BCUT2D eigenvalue weighted by Gasteiger charge is 2.53. The van der Waals surface area contributed by atoms with Gasteiger partial charge in [0.05, 0.1) is 11.4 Å². The van der Waals surface area contributed by atoms with Gasteiger partial charge in [0.15, 0.2) is 0 Å². The Morgan fingerprint density at radius 3 is 2.34 bits per heavy atom. The summed E-state index contributed by atoms with van der Waals surface area (Å²) < 4.78 is 5.98.